The van der Waals surface area contributed by atoms with Crippen molar-refractivity contribution < 1.29 is 13.9 Å². The molecule has 1 aromatic carbocycles. The molecule has 124 valence electrons. The summed E-state index contributed by atoms with van der Waals surface area (Å²) in [5, 5.41) is 3.46. The van der Waals surface area contributed by atoms with Crippen LogP contribution >= 0.6 is 0 Å². The van der Waals surface area contributed by atoms with Gasteiger partial charge in [-0.3, -0.25) is 0 Å². The highest BCUT2D eigenvalue weighted by atomic mass is 16.5. The summed E-state index contributed by atoms with van der Waals surface area (Å²) in [6.45, 7) is 2.84. The lowest BCUT2D eigenvalue weighted by Crippen LogP contribution is -2.18. The minimum absolute atomic E-state index is 0.203. The van der Waals surface area contributed by atoms with Gasteiger partial charge in [-0.15, -0.1) is 0 Å². The normalized spacial score (nSPS) is 16.4. The highest BCUT2D eigenvalue weighted by Crippen LogP contribution is 2.33. The average Bonchev–Trinajstić information content (AvgIpc) is 3.26. The van der Waals surface area contributed by atoms with Crippen molar-refractivity contribution in [3.63, 3.8) is 0 Å². The summed E-state index contributed by atoms with van der Waals surface area (Å²) < 4.78 is 17.0. The zero-order valence-corrected chi connectivity index (χ0v) is 13.9. The van der Waals surface area contributed by atoms with Crippen molar-refractivity contribution in [2.24, 2.45) is 0 Å². The third kappa shape index (κ3) is 4.08. The van der Waals surface area contributed by atoms with Crippen LogP contribution in [0.3, 0.4) is 0 Å². The van der Waals surface area contributed by atoms with E-state index >= 15 is 0 Å². The molecule has 23 heavy (non-hydrogen) atoms. The highest BCUT2D eigenvalue weighted by Gasteiger charge is 2.19. The van der Waals surface area contributed by atoms with Crippen molar-refractivity contribution in [2.75, 3.05) is 7.11 Å². The quantitative estimate of drug-likeness (QED) is 0.819. The molecule has 1 saturated carbocycles. The molecule has 0 aliphatic heterocycles. The van der Waals surface area contributed by atoms with Crippen molar-refractivity contribution in [2.45, 2.75) is 51.3 Å². The maximum atomic E-state index is 6.09. The number of nitrogens with one attached hydrogen (secondary N) is 1. The van der Waals surface area contributed by atoms with Gasteiger partial charge in [0, 0.05) is 6.04 Å². The first-order chi connectivity index (χ1) is 11.3. The molecule has 2 aromatic rings. The maximum Gasteiger partial charge on any atom is 0.161 e. The number of benzene rings is 1. The van der Waals surface area contributed by atoms with E-state index in [1.54, 1.807) is 13.4 Å². The molecular formula is C19H25NO3. The molecule has 4 nitrogen and oxygen atoms in total. The number of rotatable bonds is 7. The summed E-state index contributed by atoms with van der Waals surface area (Å²) >= 11 is 0. The van der Waals surface area contributed by atoms with E-state index in [1.165, 1.54) is 18.4 Å². The standard InChI is InChI=1S/C19H25NO3/c1-14(20-13-17-8-5-11-22-17)15-9-10-18(19(12-15)21-2)23-16-6-3-4-7-16/h5,8-12,14,16,20H,3-4,6-7,13H2,1-2H3. The van der Waals surface area contributed by atoms with Crippen LogP contribution in [0.1, 0.15) is 50.0 Å². The molecule has 1 fully saturated rings. The van der Waals surface area contributed by atoms with E-state index in [1.807, 2.05) is 18.2 Å². The van der Waals surface area contributed by atoms with Crippen LogP contribution in [0.5, 0.6) is 11.5 Å². The third-order valence-corrected chi connectivity index (χ3v) is 4.45. The van der Waals surface area contributed by atoms with Crippen LogP contribution in [0.2, 0.25) is 0 Å². The minimum atomic E-state index is 0.203. The third-order valence-electron chi connectivity index (χ3n) is 4.45. The monoisotopic (exact) mass is 315 g/mol. The van der Waals surface area contributed by atoms with Crippen LogP contribution < -0.4 is 14.8 Å². The first kappa shape index (κ1) is 15.9. The van der Waals surface area contributed by atoms with E-state index in [4.69, 9.17) is 13.9 Å². The second-order valence-electron chi connectivity index (χ2n) is 6.12. The molecule has 1 heterocycles. The Morgan fingerprint density at radius 1 is 1.22 bits per heavy atom. The highest BCUT2D eigenvalue weighted by molar-refractivity contribution is 5.44. The molecule has 1 N–H and O–H groups in total. The summed E-state index contributed by atoms with van der Waals surface area (Å²) in [6, 6.07) is 10.3. The first-order valence-electron chi connectivity index (χ1n) is 8.36. The van der Waals surface area contributed by atoms with Crippen molar-refractivity contribution in [1.82, 2.24) is 5.32 Å². The van der Waals surface area contributed by atoms with Gasteiger partial charge >= 0.3 is 0 Å². The van der Waals surface area contributed by atoms with E-state index in [2.05, 4.69) is 24.4 Å². The van der Waals surface area contributed by atoms with Crippen molar-refractivity contribution in [3.05, 3.63) is 47.9 Å². The predicted octanol–water partition coefficient (Wildman–Crippen LogP) is 4.46. The topological polar surface area (TPSA) is 43.6 Å². The Morgan fingerprint density at radius 2 is 2.04 bits per heavy atom. The molecule has 0 amide bonds. The Labute approximate surface area is 137 Å². The van der Waals surface area contributed by atoms with Gasteiger partial charge < -0.3 is 19.2 Å². The van der Waals surface area contributed by atoms with Crippen molar-refractivity contribution in [3.8, 4) is 11.5 Å². The molecule has 0 spiro atoms. The fourth-order valence-electron chi connectivity index (χ4n) is 3.02. The number of ether oxygens (including phenoxy) is 2. The zero-order chi connectivity index (χ0) is 16.1. The van der Waals surface area contributed by atoms with Crippen LogP contribution in [0.25, 0.3) is 0 Å². The number of furan rings is 1. The van der Waals surface area contributed by atoms with Crippen molar-refractivity contribution >= 4 is 0 Å². The van der Waals surface area contributed by atoms with E-state index in [0.717, 1.165) is 30.1 Å². The lowest BCUT2D eigenvalue weighted by molar-refractivity contribution is 0.200. The molecule has 1 aromatic heterocycles. The molecule has 1 atom stereocenters. The number of methoxy groups -OCH3 is 1. The lowest BCUT2D eigenvalue weighted by atomic mass is 10.1. The SMILES string of the molecule is COc1cc(C(C)NCc2ccco2)ccc1OC1CCCC1. The first-order valence-corrected chi connectivity index (χ1v) is 8.36. The van der Waals surface area contributed by atoms with E-state index in [9.17, 15) is 0 Å². The molecule has 1 aliphatic carbocycles. The van der Waals surface area contributed by atoms with Gasteiger partial charge in [-0.25, -0.2) is 0 Å². The predicted molar refractivity (Wildman–Crippen MR) is 89.8 cm³/mol. The zero-order valence-electron chi connectivity index (χ0n) is 13.9. The Morgan fingerprint density at radius 3 is 2.74 bits per heavy atom. The van der Waals surface area contributed by atoms with Gasteiger partial charge in [0.1, 0.15) is 5.76 Å². The molecule has 1 unspecified atom stereocenters. The summed E-state index contributed by atoms with van der Waals surface area (Å²) in [5.74, 6) is 2.59. The van der Waals surface area contributed by atoms with Gasteiger partial charge in [0.15, 0.2) is 11.5 Å². The summed E-state index contributed by atoms with van der Waals surface area (Å²) in [6.07, 6.45) is 6.85. The molecule has 4 heteroatoms. The Hall–Kier alpha value is -1.94. The van der Waals surface area contributed by atoms with Crippen LogP contribution in [-0.2, 0) is 6.54 Å². The van der Waals surface area contributed by atoms with Gasteiger partial charge in [0.05, 0.1) is 26.0 Å². The van der Waals surface area contributed by atoms with Crippen molar-refractivity contribution in [1.29, 1.82) is 0 Å². The molecule has 0 bridgehead atoms. The van der Waals surface area contributed by atoms with E-state index in [0.29, 0.717) is 12.6 Å². The maximum absolute atomic E-state index is 6.09. The van der Waals surface area contributed by atoms with Gasteiger partial charge in [-0.2, -0.15) is 0 Å². The Kier molecular flexibility index (Phi) is 5.23. The number of hydrogen-bond donors (Lipinski definition) is 1. The summed E-state index contributed by atoms with van der Waals surface area (Å²) in [4.78, 5) is 0. The van der Waals surface area contributed by atoms with Gasteiger partial charge in [-0.05, 0) is 62.4 Å². The average molecular weight is 315 g/mol. The minimum Gasteiger partial charge on any atom is -0.493 e. The van der Waals surface area contributed by atoms with E-state index in [-0.39, 0.29) is 6.04 Å². The smallest absolute Gasteiger partial charge is 0.161 e. The molecular weight excluding hydrogens is 290 g/mol. The van der Waals surface area contributed by atoms with E-state index < -0.39 is 0 Å². The van der Waals surface area contributed by atoms with Gasteiger partial charge in [-0.1, -0.05) is 6.07 Å². The fourth-order valence-corrected chi connectivity index (χ4v) is 3.02. The largest absolute Gasteiger partial charge is 0.493 e. The Balaban J connectivity index is 1.64. The van der Waals surface area contributed by atoms with Gasteiger partial charge in [0.25, 0.3) is 0 Å². The molecule has 0 radical (unpaired) electrons. The van der Waals surface area contributed by atoms with Crippen LogP contribution in [0.15, 0.2) is 41.0 Å². The van der Waals surface area contributed by atoms with Crippen LogP contribution in [0.4, 0.5) is 0 Å². The second-order valence-corrected chi connectivity index (χ2v) is 6.12. The summed E-state index contributed by atoms with van der Waals surface area (Å²) in [7, 11) is 1.70. The lowest BCUT2D eigenvalue weighted by Gasteiger charge is -2.19. The molecule has 3 rings (SSSR count). The molecule has 1 aliphatic rings. The van der Waals surface area contributed by atoms with Crippen LogP contribution in [-0.4, -0.2) is 13.2 Å². The Bertz CT molecular complexity index is 603. The van der Waals surface area contributed by atoms with Gasteiger partial charge in [0.2, 0.25) is 0 Å². The molecule has 0 saturated heterocycles. The number of hydrogen-bond acceptors (Lipinski definition) is 4. The van der Waals surface area contributed by atoms with Crippen LogP contribution in [0, 0.1) is 0 Å². The second kappa shape index (κ2) is 7.55. The summed E-state index contributed by atoms with van der Waals surface area (Å²) in [5.41, 5.74) is 1.17. The fraction of sp³-hybridized carbons (Fsp3) is 0.474.